The van der Waals surface area contributed by atoms with Gasteiger partial charge < -0.3 is 15.7 Å². The van der Waals surface area contributed by atoms with Gasteiger partial charge in [0.2, 0.25) is 0 Å². The Morgan fingerprint density at radius 1 is 0.704 bits per heavy atom. The minimum absolute atomic E-state index is 0.0566. The molecule has 4 aliphatic heterocycles. The van der Waals surface area contributed by atoms with Crippen LogP contribution >= 0.6 is 0 Å². The predicted octanol–water partition coefficient (Wildman–Crippen LogP) is 5.74. The first-order valence-corrected chi connectivity index (χ1v) is 18.0. The van der Waals surface area contributed by atoms with Gasteiger partial charge in [-0.2, -0.15) is 0 Å². The lowest BCUT2D eigenvalue weighted by atomic mass is 9.76. The van der Waals surface area contributed by atoms with Gasteiger partial charge >= 0.3 is 0 Å². The molecule has 0 fully saturated rings. The Kier molecular flexibility index (Phi) is 7.16. The first-order chi connectivity index (χ1) is 25.8. The van der Waals surface area contributed by atoms with Gasteiger partial charge in [0.25, 0.3) is 23.6 Å². The third-order valence-electron chi connectivity index (χ3n) is 11.8. The molecule has 10 heteroatoms. The standard InChI is InChI=1S/C44H36N4O6/c1-43(2)31-17-23(21-47-39(51)25-9-5-6-10-26(25)40(47)52)13-15-33(31)45-35(43)19-29-37(49)30(38(29)50)20-36-44(3,4)32-18-24(14-16-34(32)46-36)22-48-41(53)27-11-7-8-12-28(27)42(48)54/h5-20,35,45-46,49H,21-22H2,1-4H3/p+1. The Morgan fingerprint density at radius 2 is 1.20 bits per heavy atom. The maximum atomic E-state index is 13.6. The van der Waals surface area contributed by atoms with E-state index in [1.165, 1.54) is 9.80 Å². The van der Waals surface area contributed by atoms with E-state index in [1.54, 1.807) is 54.6 Å². The van der Waals surface area contributed by atoms with Gasteiger partial charge in [-0.1, -0.05) is 56.3 Å². The van der Waals surface area contributed by atoms with Crippen molar-refractivity contribution in [3.8, 4) is 0 Å². The molecule has 268 valence electrons. The summed E-state index contributed by atoms with van der Waals surface area (Å²) in [4.78, 5) is 68.1. The van der Waals surface area contributed by atoms with Gasteiger partial charge in [-0.25, -0.2) is 0 Å². The van der Waals surface area contributed by atoms with E-state index in [0.29, 0.717) is 22.3 Å². The van der Waals surface area contributed by atoms with E-state index >= 15 is 0 Å². The number of aliphatic hydroxyl groups is 1. The number of carbonyl (C=O) groups excluding carboxylic acids is 5. The first-order valence-electron chi connectivity index (χ1n) is 18.0. The molecule has 5 aliphatic rings. The number of Topliss-reactive ketones (excluding diaryl/α,β-unsaturated/α-hetero) is 1. The van der Waals surface area contributed by atoms with E-state index < -0.39 is 10.8 Å². The van der Waals surface area contributed by atoms with Crippen molar-refractivity contribution < 1.29 is 34.4 Å². The molecule has 0 saturated heterocycles. The average Bonchev–Trinajstić information content (AvgIpc) is 3.76. The minimum Gasteiger partial charge on any atom is -0.506 e. The topological polar surface area (TPSA) is 141 Å². The van der Waals surface area contributed by atoms with Gasteiger partial charge in [-0.05, 0) is 85.2 Å². The molecule has 4 N–H and O–H groups in total. The Labute approximate surface area is 311 Å². The molecular formula is C44H37N4O6+. The number of nitrogens with zero attached hydrogens (tertiary/aromatic N) is 2. The summed E-state index contributed by atoms with van der Waals surface area (Å²) >= 11 is 0. The number of nitrogens with two attached hydrogens (primary N) is 1. The van der Waals surface area contributed by atoms with Crippen LogP contribution in [0, 0.1) is 0 Å². The van der Waals surface area contributed by atoms with Gasteiger partial charge in [0, 0.05) is 22.4 Å². The summed E-state index contributed by atoms with van der Waals surface area (Å²) in [6.07, 6.45) is 3.54. The van der Waals surface area contributed by atoms with Crippen LogP contribution in [0.25, 0.3) is 0 Å². The highest BCUT2D eigenvalue weighted by atomic mass is 16.3. The molecule has 0 saturated carbocycles. The fourth-order valence-electron chi connectivity index (χ4n) is 8.41. The van der Waals surface area contributed by atoms with Crippen molar-refractivity contribution in [1.82, 2.24) is 9.80 Å². The van der Waals surface area contributed by atoms with Crippen molar-refractivity contribution in [3.05, 3.63) is 164 Å². The molecule has 0 aromatic heterocycles. The highest BCUT2D eigenvalue weighted by Gasteiger charge is 2.46. The summed E-state index contributed by atoms with van der Waals surface area (Å²) in [5.41, 5.74) is 7.38. The highest BCUT2D eigenvalue weighted by molar-refractivity contribution is 6.22. The number of ketones is 1. The molecule has 1 aliphatic carbocycles. The number of allylic oxidation sites excluding steroid dienone is 4. The number of imide groups is 2. The molecule has 4 amide bonds. The normalized spacial score (nSPS) is 21.9. The Morgan fingerprint density at radius 3 is 1.72 bits per heavy atom. The maximum Gasteiger partial charge on any atom is 0.261 e. The fourth-order valence-corrected chi connectivity index (χ4v) is 8.41. The number of fused-ring (bicyclic) bond motifs is 4. The predicted molar refractivity (Wildman–Crippen MR) is 200 cm³/mol. The van der Waals surface area contributed by atoms with Crippen LogP contribution in [-0.4, -0.2) is 50.4 Å². The van der Waals surface area contributed by atoms with Crippen molar-refractivity contribution in [3.63, 3.8) is 0 Å². The Balaban J connectivity index is 0.921. The van der Waals surface area contributed by atoms with Gasteiger partial charge in [0.15, 0.2) is 5.78 Å². The van der Waals surface area contributed by atoms with Crippen LogP contribution < -0.4 is 10.6 Å². The van der Waals surface area contributed by atoms with E-state index in [2.05, 4.69) is 24.5 Å². The number of nitrogens with one attached hydrogen (secondary N) is 1. The van der Waals surface area contributed by atoms with Crippen molar-refractivity contribution in [2.75, 3.05) is 5.32 Å². The van der Waals surface area contributed by atoms with Crippen molar-refractivity contribution >= 4 is 40.8 Å². The SMILES string of the molecule is CC1(C)C(=CC2=C(O)C(=CC3[NH2+]c4ccc(CN5C(=O)c6ccccc6C5=O)cc4C3(C)C)C2=O)Nc2ccc(CN3C(=O)c4ccccc4C3=O)cc21. The molecule has 0 spiro atoms. The molecule has 0 radical (unpaired) electrons. The number of anilines is 1. The molecule has 10 nitrogen and oxygen atoms in total. The highest BCUT2D eigenvalue weighted by Crippen LogP contribution is 2.46. The maximum absolute atomic E-state index is 13.6. The first kappa shape index (κ1) is 33.4. The zero-order valence-corrected chi connectivity index (χ0v) is 30.2. The molecule has 0 bridgehead atoms. The second-order valence-corrected chi connectivity index (χ2v) is 15.7. The van der Waals surface area contributed by atoms with Gasteiger partial charge in [-0.3, -0.25) is 33.8 Å². The van der Waals surface area contributed by atoms with Crippen molar-refractivity contribution in [2.45, 2.75) is 57.7 Å². The van der Waals surface area contributed by atoms with Crippen LogP contribution in [0.2, 0.25) is 0 Å². The summed E-state index contributed by atoms with van der Waals surface area (Å²) in [7, 11) is 0. The lowest BCUT2D eigenvalue weighted by Gasteiger charge is -2.26. The van der Waals surface area contributed by atoms with E-state index in [1.807, 2.05) is 56.3 Å². The van der Waals surface area contributed by atoms with Crippen LogP contribution in [-0.2, 0) is 28.7 Å². The third-order valence-corrected chi connectivity index (χ3v) is 11.8. The van der Waals surface area contributed by atoms with E-state index in [0.717, 1.165) is 39.3 Å². The lowest BCUT2D eigenvalue weighted by Crippen LogP contribution is -2.84. The molecule has 4 heterocycles. The lowest BCUT2D eigenvalue weighted by molar-refractivity contribution is -0.596. The summed E-state index contributed by atoms with van der Waals surface area (Å²) in [6.45, 7) is 8.51. The average molecular weight is 718 g/mol. The second kappa shape index (κ2) is 11.6. The summed E-state index contributed by atoms with van der Waals surface area (Å²) in [5.74, 6) is -1.52. The Hall–Kier alpha value is -6.39. The quantitative estimate of drug-likeness (QED) is 0.131. The number of hydrogen-bond donors (Lipinski definition) is 3. The van der Waals surface area contributed by atoms with Crippen LogP contribution in [0.4, 0.5) is 11.4 Å². The summed E-state index contributed by atoms with van der Waals surface area (Å²) < 4.78 is 0. The molecule has 4 aromatic carbocycles. The number of aliphatic hydroxyl groups excluding tert-OH is 1. The number of benzene rings is 4. The molecule has 1 atom stereocenters. The zero-order chi connectivity index (χ0) is 37.8. The van der Waals surface area contributed by atoms with Gasteiger partial charge in [-0.15, -0.1) is 0 Å². The summed E-state index contributed by atoms with van der Waals surface area (Å²) in [6, 6.07) is 25.2. The number of amides is 4. The minimum atomic E-state index is -0.561. The molecular weight excluding hydrogens is 681 g/mol. The van der Waals surface area contributed by atoms with E-state index in [-0.39, 0.29) is 65.4 Å². The Bertz CT molecular complexity index is 2470. The number of carbonyl (C=O) groups is 5. The zero-order valence-electron chi connectivity index (χ0n) is 30.2. The van der Waals surface area contributed by atoms with Crippen LogP contribution in [0.3, 0.4) is 0 Å². The molecule has 4 aromatic rings. The number of rotatable bonds is 6. The van der Waals surface area contributed by atoms with E-state index in [4.69, 9.17) is 0 Å². The molecule has 9 rings (SSSR count). The monoisotopic (exact) mass is 717 g/mol. The number of quaternary nitrogens is 1. The van der Waals surface area contributed by atoms with Gasteiger partial charge in [0.05, 0.1) is 51.9 Å². The number of hydrogen-bond acceptors (Lipinski definition) is 7. The van der Waals surface area contributed by atoms with Crippen molar-refractivity contribution in [2.24, 2.45) is 0 Å². The van der Waals surface area contributed by atoms with Crippen LogP contribution in [0.1, 0.15) is 91.4 Å². The largest absolute Gasteiger partial charge is 0.506 e. The fraction of sp³-hybridized carbons (Fsp3) is 0.205. The smallest absolute Gasteiger partial charge is 0.261 e. The van der Waals surface area contributed by atoms with E-state index in [9.17, 15) is 29.1 Å². The molecule has 54 heavy (non-hydrogen) atoms. The van der Waals surface area contributed by atoms with Crippen LogP contribution in [0.5, 0.6) is 0 Å². The van der Waals surface area contributed by atoms with Crippen LogP contribution in [0.15, 0.2) is 120 Å². The summed E-state index contributed by atoms with van der Waals surface area (Å²) in [5, 5.41) is 16.8. The van der Waals surface area contributed by atoms with Gasteiger partial charge in [0.1, 0.15) is 17.5 Å². The second-order valence-electron chi connectivity index (χ2n) is 15.7. The van der Waals surface area contributed by atoms with Crippen molar-refractivity contribution in [1.29, 1.82) is 0 Å². The third kappa shape index (κ3) is 4.79. The molecule has 1 unspecified atom stereocenters.